The third kappa shape index (κ3) is 2.03. The first-order valence-corrected chi connectivity index (χ1v) is 8.23. The number of rotatable bonds is 2. The Hall–Kier alpha value is -2.14. The molecule has 5 nitrogen and oxygen atoms in total. The maximum atomic E-state index is 13.0. The van der Waals surface area contributed by atoms with Crippen molar-refractivity contribution in [2.45, 2.75) is 44.1 Å². The third-order valence-electron chi connectivity index (χ3n) is 5.42. The van der Waals surface area contributed by atoms with Crippen molar-refractivity contribution in [3.8, 4) is 11.3 Å². The maximum Gasteiger partial charge on any atom is 0.328 e. The topological polar surface area (TPSA) is 75.1 Å². The number of fused-ring (bicyclic) bond motifs is 4. The molecular formula is C18H20N2O3. The van der Waals surface area contributed by atoms with Gasteiger partial charge in [-0.2, -0.15) is 0 Å². The van der Waals surface area contributed by atoms with Crippen LogP contribution in [-0.4, -0.2) is 21.3 Å². The van der Waals surface area contributed by atoms with Gasteiger partial charge in [-0.05, 0) is 24.8 Å². The molecule has 4 rings (SSSR count). The number of nitrogens with one attached hydrogen (secondary N) is 1. The highest BCUT2D eigenvalue weighted by Crippen LogP contribution is 2.49. The van der Waals surface area contributed by atoms with Crippen molar-refractivity contribution >= 4 is 0 Å². The van der Waals surface area contributed by atoms with Crippen LogP contribution >= 0.6 is 0 Å². The zero-order valence-corrected chi connectivity index (χ0v) is 13.0. The lowest BCUT2D eigenvalue weighted by Gasteiger charge is -2.36. The summed E-state index contributed by atoms with van der Waals surface area (Å²) in [5.74, 6) is 0. The molecule has 1 saturated carbocycles. The highest BCUT2D eigenvalue weighted by Gasteiger charge is 2.44. The molecule has 1 spiro atoms. The van der Waals surface area contributed by atoms with Crippen molar-refractivity contribution in [1.82, 2.24) is 9.55 Å². The molecule has 120 valence electrons. The van der Waals surface area contributed by atoms with Gasteiger partial charge in [0.05, 0.1) is 18.8 Å². The van der Waals surface area contributed by atoms with E-state index in [2.05, 4.69) is 11.1 Å². The third-order valence-corrected chi connectivity index (χ3v) is 5.42. The van der Waals surface area contributed by atoms with E-state index in [1.54, 1.807) is 0 Å². The van der Waals surface area contributed by atoms with Crippen LogP contribution in [0.2, 0.25) is 0 Å². The summed E-state index contributed by atoms with van der Waals surface area (Å²) in [5, 5.41) is 9.17. The van der Waals surface area contributed by atoms with Crippen LogP contribution in [0.15, 0.2) is 33.9 Å². The molecule has 1 fully saturated rings. The van der Waals surface area contributed by atoms with Crippen LogP contribution in [0, 0.1) is 0 Å². The van der Waals surface area contributed by atoms with Gasteiger partial charge in [-0.3, -0.25) is 9.36 Å². The second-order valence-electron chi connectivity index (χ2n) is 6.68. The summed E-state index contributed by atoms with van der Waals surface area (Å²) >= 11 is 0. The minimum atomic E-state index is -0.437. The van der Waals surface area contributed by atoms with E-state index in [0.29, 0.717) is 5.69 Å². The van der Waals surface area contributed by atoms with E-state index in [1.807, 2.05) is 18.2 Å². The Kier molecular flexibility index (Phi) is 3.27. The van der Waals surface area contributed by atoms with Crippen molar-refractivity contribution in [1.29, 1.82) is 0 Å². The average Bonchev–Trinajstić information content (AvgIpc) is 2.99. The van der Waals surface area contributed by atoms with Crippen molar-refractivity contribution < 1.29 is 5.11 Å². The fourth-order valence-corrected chi connectivity index (χ4v) is 4.42. The fraction of sp³-hybridized carbons (Fsp3) is 0.444. The van der Waals surface area contributed by atoms with E-state index in [1.165, 1.54) is 5.56 Å². The van der Waals surface area contributed by atoms with Crippen LogP contribution in [0.25, 0.3) is 11.3 Å². The Morgan fingerprint density at radius 2 is 1.91 bits per heavy atom. The summed E-state index contributed by atoms with van der Waals surface area (Å²) in [4.78, 5) is 28.3. The number of hydrogen-bond donors (Lipinski definition) is 2. The molecule has 0 radical (unpaired) electrons. The molecule has 1 aromatic heterocycles. The monoisotopic (exact) mass is 312 g/mol. The number of H-pyrrole nitrogens is 1. The van der Waals surface area contributed by atoms with E-state index in [0.717, 1.165) is 47.8 Å². The van der Waals surface area contributed by atoms with E-state index in [-0.39, 0.29) is 24.1 Å². The predicted octanol–water partition coefficient (Wildman–Crippen LogP) is 1.56. The van der Waals surface area contributed by atoms with Gasteiger partial charge in [-0.1, -0.05) is 37.1 Å². The van der Waals surface area contributed by atoms with Gasteiger partial charge in [0.25, 0.3) is 5.56 Å². The Labute approximate surface area is 133 Å². The van der Waals surface area contributed by atoms with Crippen molar-refractivity contribution in [3.05, 3.63) is 56.2 Å². The summed E-state index contributed by atoms with van der Waals surface area (Å²) in [6, 6.07) is 8.02. The second kappa shape index (κ2) is 5.20. The van der Waals surface area contributed by atoms with E-state index in [9.17, 15) is 14.7 Å². The smallest absolute Gasteiger partial charge is 0.328 e. The Bertz CT molecular complexity index is 873. The van der Waals surface area contributed by atoms with E-state index >= 15 is 0 Å². The van der Waals surface area contributed by atoms with Crippen LogP contribution in [0.1, 0.15) is 36.8 Å². The summed E-state index contributed by atoms with van der Waals surface area (Å²) < 4.78 is 1.15. The van der Waals surface area contributed by atoms with Crippen LogP contribution in [-0.2, 0) is 18.4 Å². The minimum absolute atomic E-state index is 0.0408. The predicted molar refractivity (Wildman–Crippen MR) is 87.7 cm³/mol. The molecule has 2 aromatic rings. The molecule has 5 heteroatoms. The summed E-state index contributed by atoms with van der Waals surface area (Å²) in [6.45, 7) is -0.176. The lowest BCUT2D eigenvalue weighted by molar-refractivity contribution is 0.270. The molecule has 0 aliphatic heterocycles. The molecule has 0 saturated heterocycles. The molecule has 0 unspecified atom stereocenters. The van der Waals surface area contributed by atoms with Crippen LogP contribution in [0.4, 0.5) is 0 Å². The number of aliphatic hydroxyl groups is 1. The van der Waals surface area contributed by atoms with Crippen molar-refractivity contribution in [3.63, 3.8) is 0 Å². The molecule has 2 N–H and O–H groups in total. The van der Waals surface area contributed by atoms with E-state index < -0.39 is 5.69 Å². The quantitative estimate of drug-likeness (QED) is 0.884. The highest BCUT2D eigenvalue weighted by molar-refractivity contribution is 5.71. The molecule has 2 aliphatic carbocycles. The van der Waals surface area contributed by atoms with Gasteiger partial charge in [0.2, 0.25) is 0 Å². The van der Waals surface area contributed by atoms with Crippen LogP contribution < -0.4 is 11.2 Å². The lowest BCUT2D eigenvalue weighted by atomic mass is 9.68. The highest BCUT2D eigenvalue weighted by atomic mass is 16.3. The van der Waals surface area contributed by atoms with Gasteiger partial charge in [0.15, 0.2) is 0 Å². The largest absolute Gasteiger partial charge is 0.395 e. The van der Waals surface area contributed by atoms with Crippen molar-refractivity contribution in [2.75, 3.05) is 6.61 Å². The summed E-state index contributed by atoms with van der Waals surface area (Å²) in [6.07, 6.45) is 5.04. The first-order valence-electron chi connectivity index (χ1n) is 8.23. The number of benzene rings is 1. The zero-order valence-electron chi connectivity index (χ0n) is 13.0. The fourth-order valence-electron chi connectivity index (χ4n) is 4.42. The number of aromatic nitrogens is 2. The standard InChI is InChI=1S/C18H20N2O3/c21-10-9-20-16(22)14-15(19-17(20)23)13-6-2-1-5-12(13)11-18(14)7-3-4-8-18/h1-2,5-6,21H,3-4,7-11H2,(H,19,23). The number of nitrogens with zero attached hydrogens (tertiary/aromatic N) is 1. The number of aliphatic hydroxyl groups excluding tert-OH is 1. The van der Waals surface area contributed by atoms with Crippen LogP contribution in [0.3, 0.4) is 0 Å². The molecule has 1 heterocycles. The normalized spacial score (nSPS) is 18.0. The molecule has 0 atom stereocenters. The first kappa shape index (κ1) is 14.5. The van der Waals surface area contributed by atoms with E-state index in [4.69, 9.17) is 0 Å². The van der Waals surface area contributed by atoms with Crippen LogP contribution in [0.5, 0.6) is 0 Å². The molecular weight excluding hydrogens is 292 g/mol. The van der Waals surface area contributed by atoms with Gasteiger partial charge in [0, 0.05) is 16.5 Å². The van der Waals surface area contributed by atoms with Gasteiger partial charge in [-0.15, -0.1) is 0 Å². The Balaban J connectivity index is 2.07. The molecule has 0 bridgehead atoms. The Morgan fingerprint density at radius 1 is 1.17 bits per heavy atom. The summed E-state index contributed by atoms with van der Waals surface area (Å²) in [5.41, 5.74) is 2.78. The van der Waals surface area contributed by atoms with Gasteiger partial charge in [-0.25, -0.2) is 4.79 Å². The van der Waals surface area contributed by atoms with Gasteiger partial charge >= 0.3 is 5.69 Å². The zero-order chi connectivity index (χ0) is 16.0. The number of aromatic amines is 1. The SMILES string of the molecule is O=c1[nH]c2c(c(=O)n1CCO)C1(CCCC1)Cc1ccccc1-2. The Morgan fingerprint density at radius 3 is 2.65 bits per heavy atom. The molecule has 23 heavy (non-hydrogen) atoms. The molecule has 2 aliphatic rings. The first-order chi connectivity index (χ1) is 11.2. The molecule has 1 aromatic carbocycles. The number of hydrogen-bond acceptors (Lipinski definition) is 3. The average molecular weight is 312 g/mol. The molecule has 0 amide bonds. The second-order valence-corrected chi connectivity index (χ2v) is 6.68. The maximum absolute atomic E-state index is 13.0. The minimum Gasteiger partial charge on any atom is -0.395 e. The van der Waals surface area contributed by atoms with Gasteiger partial charge in [0.1, 0.15) is 0 Å². The lowest BCUT2D eigenvalue weighted by Crippen LogP contribution is -2.45. The van der Waals surface area contributed by atoms with Gasteiger partial charge < -0.3 is 10.1 Å². The summed E-state index contributed by atoms with van der Waals surface area (Å²) in [7, 11) is 0. The van der Waals surface area contributed by atoms with Crippen molar-refractivity contribution in [2.24, 2.45) is 0 Å².